The van der Waals surface area contributed by atoms with Crippen molar-refractivity contribution in [2.45, 2.75) is 4.83 Å². The third-order valence-electron chi connectivity index (χ3n) is 2.75. The second kappa shape index (κ2) is 5.65. The third-order valence-corrected chi connectivity index (χ3v) is 3.77. The molecule has 0 aliphatic carbocycles. The highest BCUT2D eigenvalue weighted by Gasteiger charge is 2.20. The van der Waals surface area contributed by atoms with Gasteiger partial charge in [-0.25, -0.2) is 13.2 Å². The van der Waals surface area contributed by atoms with Gasteiger partial charge in [-0.15, -0.1) is 0 Å². The Bertz CT molecular complexity index is 584. The summed E-state index contributed by atoms with van der Waals surface area (Å²) in [6.07, 6.45) is 0. The predicted molar refractivity (Wildman–Crippen MR) is 70.1 cm³/mol. The lowest BCUT2D eigenvalue weighted by Crippen LogP contribution is -2.01. The van der Waals surface area contributed by atoms with E-state index in [9.17, 15) is 13.2 Å². The maximum atomic E-state index is 13.7. The van der Waals surface area contributed by atoms with Gasteiger partial charge in [0.05, 0.1) is 11.9 Å². The molecule has 0 saturated carbocycles. The third kappa shape index (κ3) is 2.76. The number of halogens is 4. The van der Waals surface area contributed by atoms with E-state index in [0.29, 0.717) is 11.3 Å². The Balaban J connectivity index is 2.38. The van der Waals surface area contributed by atoms with E-state index in [2.05, 4.69) is 15.9 Å². The summed E-state index contributed by atoms with van der Waals surface area (Å²) in [6, 6.07) is 8.99. The highest BCUT2D eigenvalue weighted by Crippen LogP contribution is 2.34. The van der Waals surface area contributed by atoms with E-state index >= 15 is 0 Å². The van der Waals surface area contributed by atoms with E-state index in [1.807, 2.05) is 0 Å². The Morgan fingerprint density at radius 1 is 0.947 bits per heavy atom. The van der Waals surface area contributed by atoms with Crippen molar-refractivity contribution in [2.24, 2.45) is 0 Å². The SMILES string of the molecule is COc1ccc(C(Br)c2ccc(F)c(F)c2F)cc1. The molecule has 2 rings (SSSR count). The number of hydrogen-bond acceptors (Lipinski definition) is 1. The van der Waals surface area contributed by atoms with Crippen molar-refractivity contribution in [3.05, 3.63) is 65.0 Å². The van der Waals surface area contributed by atoms with Crippen molar-refractivity contribution in [1.82, 2.24) is 0 Å². The Hall–Kier alpha value is -1.49. The van der Waals surface area contributed by atoms with Gasteiger partial charge in [-0.05, 0) is 23.8 Å². The van der Waals surface area contributed by atoms with Crippen molar-refractivity contribution < 1.29 is 17.9 Å². The minimum Gasteiger partial charge on any atom is -0.497 e. The van der Waals surface area contributed by atoms with Gasteiger partial charge in [0.2, 0.25) is 0 Å². The van der Waals surface area contributed by atoms with Crippen LogP contribution in [0, 0.1) is 17.5 Å². The summed E-state index contributed by atoms with van der Waals surface area (Å²) in [6.45, 7) is 0. The van der Waals surface area contributed by atoms with Crippen LogP contribution in [0.5, 0.6) is 5.75 Å². The molecular formula is C14H10BrF3O. The molecule has 0 N–H and O–H groups in total. The van der Waals surface area contributed by atoms with Crippen LogP contribution in [0.15, 0.2) is 36.4 Å². The Kier molecular flexibility index (Phi) is 4.14. The lowest BCUT2D eigenvalue weighted by Gasteiger charge is -2.13. The van der Waals surface area contributed by atoms with E-state index in [-0.39, 0.29) is 5.56 Å². The van der Waals surface area contributed by atoms with E-state index in [1.54, 1.807) is 24.3 Å². The van der Waals surface area contributed by atoms with E-state index in [0.717, 1.165) is 6.07 Å². The maximum Gasteiger partial charge on any atom is 0.194 e. The standard InChI is InChI=1S/C14H10BrF3O/c1-19-9-4-2-8(3-5-9)12(15)10-6-7-11(16)14(18)13(10)17/h2-7,12H,1H3. The summed E-state index contributed by atoms with van der Waals surface area (Å²) in [5.74, 6) is -3.18. The fourth-order valence-electron chi connectivity index (χ4n) is 1.69. The summed E-state index contributed by atoms with van der Waals surface area (Å²) in [5, 5.41) is 0. The van der Waals surface area contributed by atoms with Crippen LogP contribution in [0.4, 0.5) is 13.2 Å². The van der Waals surface area contributed by atoms with Gasteiger partial charge in [0, 0.05) is 5.56 Å². The summed E-state index contributed by atoms with van der Waals surface area (Å²) >= 11 is 3.28. The van der Waals surface area contributed by atoms with E-state index in [1.165, 1.54) is 13.2 Å². The average Bonchev–Trinajstić information content (AvgIpc) is 2.44. The quantitative estimate of drug-likeness (QED) is 0.590. The first-order valence-electron chi connectivity index (χ1n) is 5.46. The van der Waals surface area contributed by atoms with Crippen LogP contribution in [0.1, 0.15) is 16.0 Å². The Morgan fingerprint density at radius 2 is 1.58 bits per heavy atom. The zero-order chi connectivity index (χ0) is 14.0. The van der Waals surface area contributed by atoms with Gasteiger partial charge in [-0.3, -0.25) is 0 Å². The molecule has 0 radical (unpaired) electrons. The minimum atomic E-state index is -1.46. The molecule has 0 saturated heterocycles. The smallest absolute Gasteiger partial charge is 0.194 e. The van der Waals surface area contributed by atoms with Gasteiger partial charge in [-0.1, -0.05) is 34.1 Å². The number of methoxy groups -OCH3 is 1. The summed E-state index contributed by atoms with van der Waals surface area (Å²) in [7, 11) is 1.54. The number of rotatable bonds is 3. The molecule has 0 aromatic heterocycles. The lowest BCUT2D eigenvalue weighted by atomic mass is 10.0. The number of alkyl halides is 1. The predicted octanol–water partition coefficient (Wildman–Crippen LogP) is 4.60. The van der Waals surface area contributed by atoms with Gasteiger partial charge < -0.3 is 4.74 Å². The Morgan fingerprint density at radius 3 is 2.16 bits per heavy atom. The largest absolute Gasteiger partial charge is 0.497 e. The van der Waals surface area contributed by atoms with Crippen molar-refractivity contribution in [3.8, 4) is 5.75 Å². The van der Waals surface area contributed by atoms with Gasteiger partial charge in [0.15, 0.2) is 17.5 Å². The molecule has 0 heterocycles. The maximum absolute atomic E-state index is 13.7. The fraction of sp³-hybridized carbons (Fsp3) is 0.143. The fourth-order valence-corrected chi connectivity index (χ4v) is 2.35. The number of benzene rings is 2. The highest BCUT2D eigenvalue weighted by atomic mass is 79.9. The number of ether oxygens (including phenoxy) is 1. The molecule has 0 aliphatic rings. The normalized spacial score (nSPS) is 12.3. The zero-order valence-electron chi connectivity index (χ0n) is 9.96. The van der Waals surface area contributed by atoms with Crippen LogP contribution in [0.3, 0.4) is 0 Å². The zero-order valence-corrected chi connectivity index (χ0v) is 11.5. The molecule has 19 heavy (non-hydrogen) atoms. The first-order valence-corrected chi connectivity index (χ1v) is 6.37. The minimum absolute atomic E-state index is 0.0454. The monoisotopic (exact) mass is 330 g/mol. The second-order valence-corrected chi connectivity index (χ2v) is 4.82. The van der Waals surface area contributed by atoms with Crippen molar-refractivity contribution >= 4 is 15.9 Å². The molecule has 2 aromatic carbocycles. The molecule has 1 nitrogen and oxygen atoms in total. The van der Waals surface area contributed by atoms with Gasteiger partial charge >= 0.3 is 0 Å². The van der Waals surface area contributed by atoms with Crippen molar-refractivity contribution in [2.75, 3.05) is 7.11 Å². The molecule has 1 atom stereocenters. The topological polar surface area (TPSA) is 9.23 Å². The van der Waals surface area contributed by atoms with Crippen LogP contribution in [0.25, 0.3) is 0 Å². The van der Waals surface area contributed by atoms with Crippen LogP contribution < -0.4 is 4.74 Å². The van der Waals surface area contributed by atoms with Crippen molar-refractivity contribution in [1.29, 1.82) is 0 Å². The number of hydrogen-bond donors (Lipinski definition) is 0. The molecular weight excluding hydrogens is 321 g/mol. The highest BCUT2D eigenvalue weighted by molar-refractivity contribution is 9.09. The van der Waals surface area contributed by atoms with Crippen LogP contribution in [0.2, 0.25) is 0 Å². The first-order chi connectivity index (χ1) is 9.04. The summed E-state index contributed by atoms with van der Waals surface area (Å²) in [4.78, 5) is -0.562. The molecule has 1 unspecified atom stereocenters. The second-order valence-electron chi connectivity index (χ2n) is 3.90. The van der Waals surface area contributed by atoms with Gasteiger partial charge in [0.25, 0.3) is 0 Å². The van der Waals surface area contributed by atoms with Gasteiger partial charge in [-0.2, -0.15) is 0 Å². The molecule has 0 fully saturated rings. The molecule has 5 heteroatoms. The van der Waals surface area contributed by atoms with E-state index in [4.69, 9.17) is 4.74 Å². The van der Waals surface area contributed by atoms with Crippen molar-refractivity contribution in [3.63, 3.8) is 0 Å². The lowest BCUT2D eigenvalue weighted by molar-refractivity contribution is 0.414. The molecule has 0 bridgehead atoms. The molecule has 0 spiro atoms. The molecule has 100 valence electrons. The molecule has 2 aromatic rings. The van der Waals surface area contributed by atoms with Gasteiger partial charge in [0.1, 0.15) is 5.75 Å². The Labute approximate surface area is 117 Å². The van der Waals surface area contributed by atoms with Crippen LogP contribution >= 0.6 is 15.9 Å². The average molecular weight is 331 g/mol. The molecule has 0 aliphatic heterocycles. The molecule has 0 amide bonds. The van der Waals surface area contributed by atoms with Crippen LogP contribution in [-0.2, 0) is 0 Å². The summed E-state index contributed by atoms with van der Waals surface area (Å²) < 4.78 is 44.8. The van der Waals surface area contributed by atoms with Crippen LogP contribution in [-0.4, -0.2) is 7.11 Å². The first kappa shape index (κ1) is 13.9. The summed E-state index contributed by atoms with van der Waals surface area (Å²) in [5.41, 5.74) is 0.759. The van der Waals surface area contributed by atoms with E-state index < -0.39 is 22.3 Å².